The summed E-state index contributed by atoms with van der Waals surface area (Å²) in [7, 11) is 0. The van der Waals surface area contributed by atoms with Crippen molar-refractivity contribution in [1.82, 2.24) is 10.4 Å². The van der Waals surface area contributed by atoms with Crippen molar-refractivity contribution < 1.29 is 9.90 Å². The second-order valence-corrected chi connectivity index (χ2v) is 3.82. The molecule has 0 radical (unpaired) electrons. The van der Waals surface area contributed by atoms with Crippen LogP contribution < -0.4 is 10.9 Å². The number of hydrazine groups is 1. The number of rotatable bonds is 3. The zero-order valence-electron chi connectivity index (χ0n) is 8.18. The number of aromatic nitrogens is 1. The van der Waals surface area contributed by atoms with Crippen molar-refractivity contribution in [3.8, 4) is 11.3 Å². The summed E-state index contributed by atoms with van der Waals surface area (Å²) in [6, 6.07) is 9.68. The molecule has 0 aliphatic carbocycles. The van der Waals surface area contributed by atoms with Gasteiger partial charge in [0.1, 0.15) is 0 Å². The number of carbonyl (C=O) groups is 1. The molecule has 0 bridgehead atoms. The first-order valence-corrected chi connectivity index (χ1v) is 5.39. The third kappa shape index (κ3) is 2.48. The average molecular weight is 235 g/mol. The van der Waals surface area contributed by atoms with E-state index in [1.165, 1.54) is 11.3 Å². The lowest BCUT2D eigenvalue weighted by Gasteiger charge is -1.99. The number of thiazole rings is 1. The lowest BCUT2D eigenvalue weighted by molar-refractivity contribution is 0.197. The van der Waals surface area contributed by atoms with Gasteiger partial charge in [0.25, 0.3) is 0 Å². The van der Waals surface area contributed by atoms with Gasteiger partial charge in [-0.3, -0.25) is 5.43 Å². The SMILES string of the molecule is O=C(O)NNc1nc(-c2ccccc2)cs1. The molecule has 0 saturated carbocycles. The molecule has 1 heterocycles. The number of anilines is 1. The lowest BCUT2D eigenvalue weighted by atomic mass is 10.2. The number of hydrogen-bond donors (Lipinski definition) is 3. The van der Waals surface area contributed by atoms with E-state index < -0.39 is 6.09 Å². The Kier molecular flexibility index (Phi) is 3.02. The van der Waals surface area contributed by atoms with Gasteiger partial charge >= 0.3 is 6.09 Å². The van der Waals surface area contributed by atoms with E-state index in [2.05, 4.69) is 10.4 Å². The highest BCUT2D eigenvalue weighted by Gasteiger charge is 2.03. The van der Waals surface area contributed by atoms with Gasteiger partial charge < -0.3 is 5.11 Å². The Balaban J connectivity index is 2.11. The Bertz CT molecular complexity index is 484. The Morgan fingerprint density at radius 2 is 2.06 bits per heavy atom. The van der Waals surface area contributed by atoms with Crippen molar-refractivity contribution >= 4 is 22.6 Å². The predicted molar refractivity (Wildman–Crippen MR) is 62.3 cm³/mol. The average Bonchev–Trinajstić information content (AvgIpc) is 2.76. The van der Waals surface area contributed by atoms with Crippen LogP contribution in [0, 0.1) is 0 Å². The fraction of sp³-hybridized carbons (Fsp3) is 0. The van der Waals surface area contributed by atoms with Gasteiger partial charge in [-0.05, 0) is 0 Å². The molecule has 0 aliphatic rings. The summed E-state index contributed by atoms with van der Waals surface area (Å²) >= 11 is 1.34. The Morgan fingerprint density at radius 3 is 2.75 bits per heavy atom. The first kappa shape index (κ1) is 10.4. The molecule has 2 rings (SSSR count). The van der Waals surface area contributed by atoms with E-state index in [4.69, 9.17) is 5.11 Å². The van der Waals surface area contributed by atoms with Gasteiger partial charge in [-0.1, -0.05) is 30.3 Å². The lowest BCUT2D eigenvalue weighted by Crippen LogP contribution is -2.27. The molecule has 82 valence electrons. The van der Waals surface area contributed by atoms with E-state index in [-0.39, 0.29) is 0 Å². The van der Waals surface area contributed by atoms with E-state index in [1.807, 2.05) is 41.1 Å². The third-order valence-electron chi connectivity index (χ3n) is 1.85. The molecule has 3 N–H and O–H groups in total. The molecule has 1 aromatic heterocycles. The second kappa shape index (κ2) is 4.63. The Morgan fingerprint density at radius 1 is 1.31 bits per heavy atom. The van der Waals surface area contributed by atoms with Gasteiger partial charge in [-0.25, -0.2) is 15.2 Å². The van der Waals surface area contributed by atoms with Crippen LogP contribution in [0.4, 0.5) is 9.93 Å². The summed E-state index contributed by atoms with van der Waals surface area (Å²) in [5, 5.41) is 10.8. The standard InChI is InChI=1S/C10H9N3O2S/c14-10(15)13-12-9-11-8(6-16-9)7-4-2-1-3-5-7/h1-6,13H,(H,11,12)(H,14,15). The molecule has 0 aliphatic heterocycles. The number of hydrogen-bond acceptors (Lipinski definition) is 4. The monoisotopic (exact) mass is 235 g/mol. The normalized spacial score (nSPS) is 9.75. The van der Waals surface area contributed by atoms with Gasteiger partial charge in [0.2, 0.25) is 5.13 Å². The van der Waals surface area contributed by atoms with Crippen molar-refractivity contribution in [3.05, 3.63) is 35.7 Å². The summed E-state index contributed by atoms with van der Waals surface area (Å²) in [5.41, 5.74) is 6.35. The van der Waals surface area contributed by atoms with Crippen molar-refractivity contribution in [2.75, 3.05) is 5.43 Å². The summed E-state index contributed by atoms with van der Waals surface area (Å²) in [6.45, 7) is 0. The quantitative estimate of drug-likeness (QED) is 0.714. The van der Waals surface area contributed by atoms with E-state index in [1.54, 1.807) is 0 Å². The Labute approximate surface area is 95.7 Å². The second-order valence-electron chi connectivity index (χ2n) is 2.96. The fourth-order valence-corrected chi connectivity index (χ4v) is 1.85. The van der Waals surface area contributed by atoms with E-state index in [0.29, 0.717) is 5.13 Å². The molecule has 0 saturated heterocycles. The van der Waals surface area contributed by atoms with Crippen LogP contribution in [0.3, 0.4) is 0 Å². The highest BCUT2D eigenvalue weighted by Crippen LogP contribution is 2.23. The molecule has 5 nitrogen and oxygen atoms in total. The largest absolute Gasteiger partial charge is 0.464 e. The number of amides is 1. The van der Waals surface area contributed by atoms with Gasteiger partial charge in [-0.2, -0.15) is 0 Å². The van der Waals surface area contributed by atoms with Crippen LogP contribution in [0.2, 0.25) is 0 Å². The molecule has 2 aromatic rings. The summed E-state index contributed by atoms with van der Waals surface area (Å²) in [4.78, 5) is 14.5. The van der Waals surface area contributed by atoms with Gasteiger partial charge in [-0.15, -0.1) is 11.3 Å². The first-order chi connectivity index (χ1) is 7.75. The number of nitrogens with zero attached hydrogens (tertiary/aromatic N) is 1. The molecule has 6 heteroatoms. The Hall–Kier alpha value is -2.08. The maximum absolute atomic E-state index is 10.3. The fourth-order valence-electron chi connectivity index (χ4n) is 1.18. The first-order valence-electron chi connectivity index (χ1n) is 4.51. The summed E-state index contributed by atoms with van der Waals surface area (Å²) < 4.78 is 0. The van der Waals surface area contributed by atoms with Crippen molar-refractivity contribution in [2.24, 2.45) is 0 Å². The van der Waals surface area contributed by atoms with E-state index in [9.17, 15) is 4.79 Å². The van der Waals surface area contributed by atoms with Crippen LogP contribution in [0.25, 0.3) is 11.3 Å². The molecule has 1 aromatic carbocycles. The predicted octanol–water partition coefficient (Wildman–Crippen LogP) is 2.40. The maximum atomic E-state index is 10.3. The minimum absolute atomic E-state index is 0.515. The third-order valence-corrected chi connectivity index (χ3v) is 2.61. The molecule has 0 atom stereocenters. The highest BCUT2D eigenvalue weighted by atomic mass is 32.1. The number of nitrogens with one attached hydrogen (secondary N) is 2. The zero-order valence-corrected chi connectivity index (χ0v) is 8.99. The minimum Gasteiger partial charge on any atom is -0.464 e. The van der Waals surface area contributed by atoms with Crippen molar-refractivity contribution in [2.45, 2.75) is 0 Å². The van der Waals surface area contributed by atoms with Gasteiger partial charge in [0.15, 0.2) is 0 Å². The smallest absolute Gasteiger partial charge is 0.423 e. The molecule has 16 heavy (non-hydrogen) atoms. The molecular weight excluding hydrogens is 226 g/mol. The summed E-state index contributed by atoms with van der Waals surface area (Å²) in [6.07, 6.45) is -1.14. The molecule has 0 unspecified atom stereocenters. The molecule has 0 fully saturated rings. The highest BCUT2D eigenvalue weighted by molar-refractivity contribution is 7.14. The van der Waals surface area contributed by atoms with Crippen LogP contribution >= 0.6 is 11.3 Å². The van der Waals surface area contributed by atoms with E-state index in [0.717, 1.165) is 11.3 Å². The van der Waals surface area contributed by atoms with E-state index >= 15 is 0 Å². The van der Waals surface area contributed by atoms with Crippen LogP contribution in [0.5, 0.6) is 0 Å². The number of carboxylic acid groups (broad SMARTS) is 1. The maximum Gasteiger partial charge on any atom is 0.423 e. The minimum atomic E-state index is -1.14. The zero-order chi connectivity index (χ0) is 11.4. The van der Waals surface area contributed by atoms with Crippen LogP contribution in [-0.4, -0.2) is 16.2 Å². The van der Waals surface area contributed by atoms with Crippen LogP contribution in [0.15, 0.2) is 35.7 Å². The van der Waals surface area contributed by atoms with Crippen molar-refractivity contribution in [1.29, 1.82) is 0 Å². The summed E-state index contributed by atoms with van der Waals surface area (Å²) in [5.74, 6) is 0. The topological polar surface area (TPSA) is 74.2 Å². The number of benzene rings is 1. The molecule has 1 amide bonds. The van der Waals surface area contributed by atoms with Gasteiger partial charge in [0.05, 0.1) is 5.69 Å². The van der Waals surface area contributed by atoms with Crippen LogP contribution in [0.1, 0.15) is 0 Å². The van der Waals surface area contributed by atoms with Gasteiger partial charge in [0, 0.05) is 10.9 Å². The van der Waals surface area contributed by atoms with Crippen molar-refractivity contribution in [3.63, 3.8) is 0 Å². The molecular formula is C10H9N3O2S. The molecule has 0 spiro atoms. The van der Waals surface area contributed by atoms with Crippen LogP contribution in [-0.2, 0) is 0 Å².